The number of rotatable bonds is 4. The lowest BCUT2D eigenvalue weighted by atomic mass is 10.1. The number of amides is 1. The van der Waals surface area contributed by atoms with Gasteiger partial charge in [0.15, 0.2) is 0 Å². The molecule has 1 aromatic heterocycles. The first-order valence-electron chi connectivity index (χ1n) is 7.62. The van der Waals surface area contributed by atoms with E-state index in [1.807, 2.05) is 11.4 Å². The van der Waals surface area contributed by atoms with Crippen LogP contribution in [0.3, 0.4) is 0 Å². The fraction of sp³-hybridized carbons (Fsp3) is 0.353. The van der Waals surface area contributed by atoms with Crippen LogP contribution in [-0.2, 0) is 4.79 Å². The number of likely N-dealkylation sites (tertiary alicyclic amines) is 1. The second-order valence-corrected chi connectivity index (χ2v) is 6.65. The Hall–Kier alpha value is -1.79. The summed E-state index contributed by atoms with van der Waals surface area (Å²) in [5.74, 6) is -1.92. The first-order valence-corrected chi connectivity index (χ1v) is 8.50. The van der Waals surface area contributed by atoms with Crippen LogP contribution in [0.5, 0.6) is 0 Å². The van der Waals surface area contributed by atoms with Gasteiger partial charge in [-0.1, -0.05) is 12.1 Å². The molecule has 0 spiro atoms. The number of hydrogen-bond donors (Lipinski definition) is 1. The maximum atomic E-state index is 13.7. The Morgan fingerprint density at radius 2 is 2.04 bits per heavy atom. The summed E-state index contributed by atoms with van der Waals surface area (Å²) in [6.45, 7) is 2.58. The lowest BCUT2D eigenvalue weighted by Gasteiger charge is -2.29. The van der Waals surface area contributed by atoms with Gasteiger partial charge in [-0.25, -0.2) is 8.78 Å². The Morgan fingerprint density at radius 3 is 2.70 bits per heavy atom. The van der Waals surface area contributed by atoms with Crippen LogP contribution in [0.1, 0.15) is 30.7 Å². The van der Waals surface area contributed by atoms with E-state index >= 15 is 0 Å². The molecule has 1 saturated heterocycles. The highest BCUT2D eigenvalue weighted by Gasteiger charge is 2.33. The largest absolute Gasteiger partial charge is 0.320 e. The second-order valence-electron chi connectivity index (χ2n) is 5.67. The summed E-state index contributed by atoms with van der Waals surface area (Å²) < 4.78 is 27.4. The third kappa shape index (κ3) is 3.28. The van der Waals surface area contributed by atoms with Crippen LogP contribution in [0.4, 0.5) is 14.5 Å². The molecule has 1 aromatic carbocycles. The van der Waals surface area contributed by atoms with Crippen LogP contribution in [0.25, 0.3) is 0 Å². The van der Waals surface area contributed by atoms with E-state index in [0.717, 1.165) is 31.5 Å². The molecule has 1 aliphatic heterocycles. The summed E-state index contributed by atoms with van der Waals surface area (Å²) in [4.78, 5) is 15.8. The van der Waals surface area contributed by atoms with Crippen LogP contribution < -0.4 is 5.32 Å². The van der Waals surface area contributed by atoms with Gasteiger partial charge in [-0.3, -0.25) is 9.69 Å². The van der Waals surface area contributed by atoms with E-state index in [1.54, 1.807) is 18.3 Å². The highest BCUT2D eigenvalue weighted by Crippen LogP contribution is 2.36. The number of anilines is 1. The van der Waals surface area contributed by atoms with Gasteiger partial charge in [-0.15, -0.1) is 11.3 Å². The van der Waals surface area contributed by atoms with E-state index in [2.05, 4.69) is 16.3 Å². The molecule has 6 heteroatoms. The quantitative estimate of drug-likeness (QED) is 0.908. The van der Waals surface area contributed by atoms with Gasteiger partial charge in [0.2, 0.25) is 5.91 Å². The van der Waals surface area contributed by atoms with Crippen molar-refractivity contribution in [1.82, 2.24) is 4.90 Å². The van der Waals surface area contributed by atoms with E-state index in [0.29, 0.717) is 0 Å². The van der Waals surface area contributed by atoms with E-state index < -0.39 is 23.6 Å². The van der Waals surface area contributed by atoms with Crippen LogP contribution in [-0.4, -0.2) is 23.4 Å². The number of hydrogen-bond acceptors (Lipinski definition) is 3. The number of nitrogens with one attached hydrogen (secondary N) is 1. The minimum Gasteiger partial charge on any atom is -0.320 e. The van der Waals surface area contributed by atoms with Crippen LogP contribution in [0, 0.1) is 11.6 Å². The lowest BCUT2D eigenvalue weighted by Crippen LogP contribution is -2.41. The zero-order valence-corrected chi connectivity index (χ0v) is 13.6. The number of benzene rings is 1. The lowest BCUT2D eigenvalue weighted by molar-refractivity contribution is -0.121. The van der Waals surface area contributed by atoms with Gasteiger partial charge >= 0.3 is 0 Å². The highest BCUT2D eigenvalue weighted by molar-refractivity contribution is 7.10. The molecule has 0 aliphatic carbocycles. The average Bonchev–Trinajstić information content (AvgIpc) is 3.20. The maximum Gasteiger partial charge on any atom is 0.241 e. The molecule has 0 saturated carbocycles. The molecular weight excluding hydrogens is 318 g/mol. The summed E-state index contributed by atoms with van der Waals surface area (Å²) in [7, 11) is 0. The Bertz CT molecular complexity index is 670. The van der Waals surface area contributed by atoms with Gasteiger partial charge in [0, 0.05) is 10.9 Å². The smallest absolute Gasteiger partial charge is 0.241 e. The van der Waals surface area contributed by atoms with Gasteiger partial charge in [-0.2, -0.15) is 0 Å². The van der Waals surface area contributed by atoms with Crippen molar-refractivity contribution in [2.24, 2.45) is 0 Å². The zero-order valence-electron chi connectivity index (χ0n) is 12.8. The highest BCUT2D eigenvalue weighted by atomic mass is 32.1. The summed E-state index contributed by atoms with van der Waals surface area (Å²) in [6.07, 6.45) is 2.00. The van der Waals surface area contributed by atoms with E-state index in [4.69, 9.17) is 0 Å². The Kier molecular flexibility index (Phi) is 4.73. The predicted octanol–water partition coefficient (Wildman–Crippen LogP) is 4.19. The van der Waals surface area contributed by atoms with Crippen molar-refractivity contribution in [3.63, 3.8) is 0 Å². The van der Waals surface area contributed by atoms with Crippen LogP contribution >= 0.6 is 11.3 Å². The van der Waals surface area contributed by atoms with Gasteiger partial charge < -0.3 is 5.32 Å². The number of thiophene rings is 1. The summed E-state index contributed by atoms with van der Waals surface area (Å²) in [6, 6.07) is 7.34. The Labute approximate surface area is 137 Å². The third-order valence-corrected chi connectivity index (χ3v) is 5.23. The SMILES string of the molecule is CC(C(=O)Nc1c(F)cccc1F)N1CCCC1c1cccs1. The normalized spacial score (nSPS) is 19.7. The van der Waals surface area contributed by atoms with Crippen molar-refractivity contribution in [1.29, 1.82) is 0 Å². The predicted molar refractivity (Wildman–Crippen MR) is 87.4 cm³/mol. The molecule has 1 N–H and O–H groups in total. The van der Waals surface area contributed by atoms with Crippen molar-refractivity contribution in [3.05, 3.63) is 52.2 Å². The van der Waals surface area contributed by atoms with E-state index in [-0.39, 0.29) is 11.7 Å². The van der Waals surface area contributed by atoms with Crippen molar-refractivity contribution in [2.75, 3.05) is 11.9 Å². The Morgan fingerprint density at radius 1 is 1.30 bits per heavy atom. The fourth-order valence-corrected chi connectivity index (χ4v) is 3.92. The monoisotopic (exact) mass is 336 g/mol. The number of para-hydroxylation sites is 1. The number of halogens is 2. The summed E-state index contributed by atoms with van der Waals surface area (Å²) in [5.41, 5.74) is -0.378. The van der Waals surface area contributed by atoms with Gasteiger partial charge in [-0.05, 0) is 49.9 Å². The van der Waals surface area contributed by atoms with Gasteiger partial charge in [0.05, 0.1) is 6.04 Å². The van der Waals surface area contributed by atoms with Gasteiger partial charge in [0.1, 0.15) is 17.3 Å². The zero-order chi connectivity index (χ0) is 16.4. The molecule has 3 rings (SSSR count). The Balaban J connectivity index is 1.74. The molecule has 122 valence electrons. The van der Waals surface area contributed by atoms with E-state index in [1.165, 1.54) is 10.9 Å². The average molecular weight is 336 g/mol. The summed E-state index contributed by atoms with van der Waals surface area (Å²) >= 11 is 1.67. The molecule has 3 nitrogen and oxygen atoms in total. The molecule has 2 atom stereocenters. The second kappa shape index (κ2) is 6.76. The molecule has 1 aliphatic rings. The molecule has 2 aromatic rings. The minimum absolute atomic E-state index is 0.196. The number of carbonyl (C=O) groups excluding carboxylic acids is 1. The first kappa shape index (κ1) is 16.1. The van der Waals surface area contributed by atoms with Gasteiger partial charge in [0.25, 0.3) is 0 Å². The minimum atomic E-state index is -0.762. The fourth-order valence-electron chi connectivity index (χ4n) is 3.03. The molecule has 0 bridgehead atoms. The van der Waals surface area contributed by atoms with Crippen molar-refractivity contribution < 1.29 is 13.6 Å². The molecular formula is C17H18F2N2OS. The molecule has 1 fully saturated rings. The van der Waals surface area contributed by atoms with E-state index in [9.17, 15) is 13.6 Å². The molecule has 0 radical (unpaired) electrons. The number of carbonyl (C=O) groups is 1. The van der Waals surface area contributed by atoms with Crippen molar-refractivity contribution in [2.45, 2.75) is 31.8 Å². The van der Waals surface area contributed by atoms with Crippen molar-refractivity contribution >= 4 is 22.9 Å². The third-order valence-electron chi connectivity index (χ3n) is 4.25. The molecule has 1 amide bonds. The standard InChI is InChI=1S/C17H18F2N2OS/c1-11(17(22)20-16-12(18)5-2-6-13(16)19)21-9-3-7-14(21)15-8-4-10-23-15/h2,4-6,8,10-11,14H,3,7,9H2,1H3,(H,20,22). The maximum absolute atomic E-state index is 13.7. The topological polar surface area (TPSA) is 32.3 Å². The van der Waals surface area contributed by atoms with Crippen LogP contribution in [0.15, 0.2) is 35.7 Å². The summed E-state index contributed by atoms with van der Waals surface area (Å²) in [5, 5.41) is 4.41. The van der Waals surface area contributed by atoms with Crippen LogP contribution in [0.2, 0.25) is 0 Å². The molecule has 2 unspecified atom stereocenters. The molecule has 23 heavy (non-hydrogen) atoms. The molecule has 2 heterocycles. The first-order chi connectivity index (χ1) is 11.1. The van der Waals surface area contributed by atoms with Crippen molar-refractivity contribution in [3.8, 4) is 0 Å². The number of nitrogens with zero attached hydrogens (tertiary/aromatic N) is 1.